The van der Waals surface area contributed by atoms with E-state index in [0.717, 1.165) is 5.56 Å². The number of fused-ring (bicyclic) bond motifs is 5. The SMILES string of the molecule is CCS(=O)(=O)N[C@H]1[C@@H](F)CN2C(=O)NCc3ccc(C)c(n3)Cc3cccc(c3F)C[C@@H]12. The lowest BCUT2D eigenvalue weighted by atomic mass is 9.96. The van der Waals surface area contributed by atoms with Crippen LogP contribution in [0.15, 0.2) is 30.3 Å². The van der Waals surface area contributed by atoms with Gasteiger partial charge in [0.15, 0.2) is 0 Å². The Labute approximate surface area is 186 Å². The highest BCUT2D eigenvalue weighted by Gasteiger charge is 2.46. The van der Waals surface area contributed by atoms with Crippen LogP contribution in [0.2, 0.25) is 0 Å². The number of amides is 2. The molecule has 10 heteroatoms. The second kappa shape index (κ2) is 8.74. The molecule has 1 aromatic carbocycles. The zero-order chi connectivity index (χ0) is 23.0. The van der Waals surface area contributed by atoms with Crippen LogP contribution in [0.1, 0.15) is 35.0 Å². The van der Waals surface area contributed by atoms with Crippen molar-refractivity contribution in [3.63, 3.8) is 0 Å². The van der Waals surface area contributed by atoms with E-state index in [2.05, 4.69) is 15.0 Å². The molecule has 1 saturated heterocycles. The fourth-order valence-electron chi connectivity index (χ4n) is 4.28. The van der Waals surface area contributed by atoms with Crippen molar-refractivity contribution in [2.75, 3.05) is 12.3 Å². The molecule has 3 atom stereocenters. The molecule has 32 heavy (non-hydrogen) atoms. The largest absolute Gasteiger partial charge is 0.332 e. The van der Waals surface area contributed by atoms with Crippen molar-refractivity contribution in [3.05, 3.63) is 64.2 Å². The molecule has 1 fully saturated rings. The Balaban J connectivity index is 1.78. The quantitative estimate of drug-likeness (QED) is 0.729. The van der Waals surface area contributed by atoms with E-state index in [-0.39, 0.29) is 31.7 Å². The van der Waals surface area contributed by atoms with E-state index >= 15 is 4.39 Å². The van der Waals surface area contributed by atoms with E-state index in [1.807, 2.05) is 13.0 Å². The van der Waals surface area contributed by atoms with Crippen LogP contribution in [0.3, 0.4) is 0 Å². The molecule has 0 aliphatic carbocycles. The van der Waals surface area contributed by atoms with E-state index in [9.17, 15) is 17.6 Å². The van der Waals surface area contributed by atoms with Gasteiger partial charge in [0.2, 0.25) is 10.0 Å². The van der Waals surface area contributed by atoms with Crippen LogP contribution in [0.5, 0.6) is 0 Å². The summed E-state index contributed by atoms with van der Waals surface area (Å²) in [5, 5.41) is 2.75. The van der Waals surface area contributed by atoms with Crippen LogP contribution in [0.25, 0.3) is 0 Å². The lowest BCUT2D eigenvalue weighted by molar-refractivity contribution is 0.187. The minimum Gasteiger partial charge on any atom is -0.332 e. The van der Waals surface area contributed by atoms with Crippen LogP contribution in [0.4, 0.5) is 13.6 Å². The number of sulfonamides is 1. The molecule has 2 amide bonds. The summed E-state index contributed by atoms with van der Waals surface area (Å²) in [5.41, 5.74) is 2.97. The molecule has 0 unspecified atom stereocenters. The Morgan fingerprint density at radius 3 is 2.75 bits per heavy atom. The summed E-state index contributed by atoms with van der Waals surface area (Å²) in [6.07, 6.45) is -1.36. The molecule has 3 heterocycles. The average molecular weight is 465 g/mol. The van der Waals surface area contributed by atoms with E-state index in [4.69, 9.17) is 0 Å². The molecule has 172 valence electrons. The molecule has 7 nitrogen and oxygen atoms in total. The molecular weight excluding hydrogens is 438 g/mol. The topological polar surface area (TPSA) is 91.4 Å². The fourth-order valence-corrected chi connectivity index (χ4v) is 5.17. The van der Waals surface area contributed by atoms with Gasteiger partial charge in [-0.3, -0.25) is 4.98 Å². The zero-order valence-corrected chi connectivity index (χ0v) is 18.8. The average Bonchev–Trinajstić information content (AvgIpc) is 3.05. The number of urea groups is 1. The van der Waals surface area contributed by atoms with E-state index in [1.54, 1.807) is 24.3 Å². The van der Waals surface area contributed by atoms with Gasteiger partial charge in [-0.25, -0.2) is 26.7 Å². The third kappa shape index (κ3) is 4.47. The third-order valence-electron chi connectivity index (χ3n) is 6.16. The van der Waals surface area contributed by atoms with Crippen LogP contribution >= 0.6 is 0 Å². The highest BCUT2D eigenvalue weighted by Crippen LogP contribution is 2.28. The van der Waals surface area contributed by atoms with E-state index in [1.165, 1.54) is 11.8 Å². The molecule has 2 aromatic rings. The van der Waals surface area contributed by atoms with Crippen molar-refractivity contribution in [1.82, 2.24) is 19.9 Å². The monoisotopic (exact) mass is 464 g/mol. The molecule has 1 aromatic heterocycles. The second-order valence-electron chi connectivity index (χ2n) is 8.28. The van der Waals surface area contributed by atoms with Crippen LogP contribution in [-0.4, -0.2) is 54.9 Å². The number of aryl methyl sites for hydroxylation is 1. The first-order chi connectivity index (χ1) is 15.2. The predicted octanol–water partition coefficient (Wildman–Crippen LogP) is 2.22. The van der Waals surface area contributed by atoms with Gasteiger partial charge in [-0.15, -0.1) is 0 Å². The van der Waals surface area contributed by atoms with Gasteiger partial charge in [0.25, 0.3) is 0 Å². The number of nitrogens with one attached hydrogen (secondary N) is 2. The van der Waals surface area contributed by atoms with Gasteiger partial charge in [0.05, 0.1) is 36.6 Å². The number of carbonyl (C=O) groups is 1. The van der Waals surface area contributed by atoms with Gasteiger partial charge in [-0.1, -0.05) is 24.3 Å². The summed E-state index contributed by atoms with van der Waals surface area (Å²) in [6, 6.07) is 6.04. The molecule has 2 aliphatic heterocycles. The van der Waals surface area contributed by atoms with Crippen molar-refractivity contribution >= 4 is 16.1 Å². The Hall–Kier alpha value is -2.59. The zero-order valence-electron chi connectivity index (χ0n) is 17.9. The summed E-state index contributed by atoms with van der Waals surface area (Å²) in [5.74, 6) is -0.669. The lowest BCUT2D eigenvalue weighted by Gasteiger charge is -2.28. The third-order valence-corrected chi connectivity index (χ3v) is 7.55. The Bertz CT molecular complexity index is 1140. The van der Waals surface area contributed by atoms with Crippen molar-refractivity contribution < 1.29 is 22.0 Å². The summed E-state index contributed by atoms with van der Waals surface area (Å²) in [4.78, 5) is 18.8. The number of rotatable bonds is 3. The molecule has 4 rings (SSSR count). The Morgan fingerprint density at radius 1 is 1.25 bits per heavy atom. The lowest BCUT2D eigenvalue weighted by Crippen LogP contribution is -2.51. The number of hydrogen-bond donors (Lipinski definition) is 2. The number of aromatic nitrogens is 1. The first-order valence-corrected chi connectivity index (χ1v) is 12.2. The molecule has 2 aliphatic rings. The van der Waals surface area contributed by atoms with Crippen molar-refractivity contribution in [3.8, 4) is 0 Å². The number of alkyl halides is 1. The highest BCUT2D eigenvalue weighted by molar-refractivity contribution is 7.89. The van der Waals surface area contributed by atoms with Crippen LogP contribution < -0.4 is 10.0 Å². The molecule has 0 spiro atoms. The molecule has 0 radical (unpaired) electrons. The second-order valence-corrected chi connectivity index (χ2v) is 10.3. The minimum atomic E-state index is -3.73. The van der Waals surface area contributed by atoms with E-state index in [0.29, 0.717) is 22.5 Å². The smallest absolute Gasteiger partial charge is 0.318 e. The maximum absolute atomic E-state index is 15.4. The van der Waals surface area contributed by atoms with E-state index < -0.39 is 40.1 Å². The predicted molar refractivity (Wildman–Crippen MR) is 116 cm³/mol. The normalized spacial score (nSPS) is 23.6. The van der Waals surface area contributed by atoms with Crippen molar-refractivity contribution in [2.24, 2.45) is 0 Å². The van der Waals surface area contributed by atoms with Gasteiger partial charge >= 0.3 is 6.03 Å². The first kappa shape index (κ1) is 22.6. The van der Waals surface area contributed by atoms with Crippen molar-refractivity contribution in [2.45, 2.75) is 51.5 Å². The van der Waals surface area contributed by atoms with Gasteiger partial charge < -0.3 is 10.2 Å². The summed E-state index contributed by atoms with van der Waals surface area (Å²) in [7, 11) is -3.73. The number of benzene rings is 1. The number of pyridine rings is 1. The maximum atomic E-state index is 15.4. The standard InChI is InChI=1S/C22H26F2N4O3S/c1-3-32(30,31)27-21-17(23)12-28-19(21)10-15-6-4-5-14(20(15)24)9-18-13(2)7-8-16(26-18)11-25-22(28)29/h4-8,17,19,21,27H,3,9-12H2,1-2H3,(H,25,29)/t17-,19-,21-/m0/s1. The number of hydrogen-bond acceptors (Lipinski definition) is 4. The number of carbonyl (C=O) groups excluding carboxylic acids is 1. The first-order valence-electron chi connectivity index (χ1n) is 10.6. The molecule has 0 saturated carbocycles. The molecular formula is C22H26F2N4O3S. The summed E-state index contributed by atoms with van der Waals surface area (Å²) >= 11 is 0. The maximum Gasteiger partial charge on any atom is 0.318 e. The van der Waals surface area contributed by atoms with Crippen LogP contribution in [-0.2, 0) is 29.4 Å². The molecule has 4 bridgehead atoms. The Morgan fingerprint density at radius 2 is 2.00 bits per heavy atom. The van der Waals surface area contributed by atoms with Gasteiger partial charge in [0, 0.05) is 12.1 Å². The van der Waals surface area contributed by atoms with Gasteiger partial charge in [0.1, 0.15) is 12.0 Å². The summed E-state index contributed by atoms with van der Waals surface area (Å²) in [6.45, 7) is 3.18. The number of nitrogens with zero attached hydrogens (tertiary/aromatic N) is 2. The molecule has 2 N–H and O–H groups in total. The Kier molecular flexibility index (Phi) is 6.17. The van der Waals surface area contributed by atoms with Gasteiger partial charge in [-0.05, 0) is 43.0 Å². The highest BCUT2D eigenvalue weighted by atomic mass is 32.2. The summed E-state index contributed by atoms with van der Waals surface area (Å²) < 4.78 is 57.1. The van der Waals surface area contributed by atoms with Crippen LogP contribution in [0, 0.1) is 12.7 Å². The van der Waals surface area contributed by atoms with Gasteiger partial charge in [-0.2, -0.15) is 0 Å². The number of halogens is 2. The fraction of sp³-hybridized carbons (Fsp3) is 0.455. The van der Waals surface area contributed by atoms with Crippen molar-refractivity contribution in [1.29, 1.82) is 0 Å². The minimum absolute atomic E-state index is 0.0194.